The second-order valence-electron chi connectivity index (χ2n) is 16.8. The van der Waals surface area contributed by atoms with Gasteiger partial charge in [-0.1, -0.05) is 140 Å². The SMILES string of the molecule is c1ccc(-n2c3ccccc3c3c(-n4c5ccccc5c5c(N(c6ccc7oc8ccccc8c7c6)c6ccc7c8ccccc8c8ccccc8c7c6)cccc54)cccc32)cc1. The largest absolute Gasteiger partial charge is 0.456 e. The van der Waals surface area contributed by atoms with Gasteiger partial charge in [0.2, 0.25) is 0 Å². The Kier molecular flexibility index (Phi) is 7.36. The molecule has 0 aliphatic heterocycles. The molecule has 0 spiro atoms. The van der Waals surface area contributed by atoms with Gasteiger partial charge in [0.25, 0.3) is 0 Å². The molecule has 4 nitrogen and oxygen atoms in total. The van der Waals surface area contributed by atoms with Crippen molar-refractivity contribution in [3.8, 4) is 11.4 Å². The number of aromatic nitrogens is 2. The zero-order valence-corrected chi connectivity index (χ0v) is 34.6. The number of hydrogen-bond acceptors (Lipinski definition) is 2. The maximum absolute atomic E-state index is 6.40. The fraction of sp³-hybridized carbons (Fsp3) is 0. The van der Waals surface area contributed by atoms with Crippen LogP contribution in [0, 0.1) is 0 Å². The average molecular weight is 816 g/mol. The van der Waals surface area contributed by atoms with E-state index in [4.69, 9.17) is 4.42 Å². The van der Waals surface area contributed by atoms with Gasteiger partial charge in [0.05, 0.1) is 33.4 Å². The van der Waals surface area contributed by atoms with Crippen molar-refractivity contribution in [2.24, 2.45) is 0 Å². The van der Waals surface area contributed by atoms with Crippen LogP contribution in [0.5, 0.6) is 0 Å². The van der Waals surface area contributed by atoms with Crippen LogP contribution < -0.4 is 4.90 Å². The minimum atomic E-state index is 0.874. The third-order valence-corrected chi connectivity index (χ3v) is 13.5. The number of hydrogen-bond donors (Lipinski definition) is 0. The van der Waals surface area contributed by atoms with Crippen molar-refractivity contribution in [3.05, 3.63) is 224 Å². The van der Waals surface area contributed by atoms with E-state index in [9.17, 15) is 0 Å². The first-order valence-corrected chi connectivity index (χ1v) is 21.9. The minimum absolute atomic E-state index is 0.874. The highest BCUT2D eigenvalue weighted by atomic mass is 16.3. The number of furan rings is 1. The van der Waals surface area contributed by atoms with E-state index in [1.165, 1.54) is 64.9 Å². The van der Waals surface area contributed by atoms with Gasteiger partial charge < -0.3 is 18.5 Å². The number of fused-ring (bicyclic) bond motifs is 15. The van der Waals surface area contributed by atoms with Gasteiger partial charge in [-0.25, -0.2) is 0 Å². The maximum atomic E-state index is 6.40. The summed E-state index contributed by atoms with van der Waals surface area (Å²) >= 11 is 0. The van der Waals surface area contributed by atoms with Gasteiger partial charge in [-0.3, -0.25) is 0 Å². The molecule has 4 heteroatoms. The third-order valence-electron chi connectivity index (χ3n) is 13.5. The molecule has 0 unspecified atom stereocenters. The van der Waals surface area contributed by atoms with Crippen molar-refractivity contribution in [2.75, 3.05) is 4.90 Å². The molecule has 0 aliphatic carbocycles. The van der Waals surface area contributed by atoms with Crippen LogP contribution in [0.2, 0.25) is 0 Å². The van der Waals surface area contributed by atoms with Crippen LogP contribution in [-0.2, 0) is 0 Å². The number of para-hydroxylation sites is 4. The Bertz CT molecular complexity index is 4170. The van der Waals surface area contributed by atoms with Gasteiger partial charge in [0.1, 0.15) is 11.2 Å². The molecule has 3 heterocycles. The molecular weight excluding hydrogens is 779 g/mol. The first-order chi connectivity index (χ1) is 31.8. The Hall–Kier alpha value is -8.60. The zero-order valence-electron chi connectivity index (χ0n) is 34.6. The lowest BCUT2D eigenvalue weighted by atomic mass is 9.94. The highest BCUT2D eigenvalue weighted by molar-refractivity contribution is 6.26. The highest BCUT2D eigenvalue weighted by Gasteiger charge is 2.25. The Balaban J connectivity index is 1.09. The molecule has 0 fully saturated rings. The average Bonchev–Trinajstić information content (AvgIpc) is 4.02. The van der Waals surface area contributed by atoms with Gasteiger partial charge in [-0.2, -0.15) is 0 Å². The molecule has 0 N–H and O–H groups in total. The van der Waals surface area contributed by atoms with Crippen LogP contribution >= 0.6 is 0 Å². The van der Waals surface area contributed by atoms with E-state index in [1.807, 2.05) is 6.07 Å². The zero-order chi connectivity index (χ0) is 41.9. The lowest BCUT2D eigenvalue weighted by Gasteiger charge is -2.27. The predicted molar refractivity (Wildman–Crippen MR) is 270 cm³/mol. The Morgan fingerprint density at radius 1 is 0.297 bits per heavy atom. The van der Waals surface area contributed by atoms with E-state index in [0.29, 0.717) is 0 Å². The lowest BCUT2D eigenvalue weighted by Crippen LogP contribution is -2.10. The van der Waals surface area contributed by atoms with Gasteiger partial charge in [-0.05, 0) is 117 Å². The van der Waals surface area contributed by atoms with Crippen molar-refractivity contribution in [1.82, 2.24) is 9.13 Å². The van der Waals surface area contributed by atoms with Crippen LogP contribution in [0.3, 0.4) is 0 Å². The molecule has 3 aromatic heterocycles. The summed E-state index contributed by atoms with van der Waals surface area (Å²) in [5.74, 6) is 0. The summed E-state index contributed by atoms with van der Waals surface area (Å²) in [5.41, 5.74) is 11.9. The molecule has 0 aliphatic rings. The third kappa shape index (κ3) is 4.93. The minimum Gasteiger partial charge on any atom is -0.456 e. The summed E-state index contributed by atoms with van der Waals surface area (Å²) in [4.78, 5) is 2.46. The molecule has 0 radical (unpaired) electrons. The number of nitrogens with zero attached hydrogens (tertiary/aromatic N) is 3. The van der Waals surface area contributed by atoms with E-state index in [2.05, 4.69) is 232 Å². The van der Waals surface area contributed by atoms with Gasteiger partial charge in [0.15, 0.2) is 0 Å². The summed E-state index contributed by atoms with van der Waals surface area (Å²) in [7, 11) is 0. The van der Waals surface area contributed by atoms with Gasteiger partial charge >= 0.3 is 0 Å². The van der Waals surface area contributed by atoms with Crippen LogP contribution in [0.1, 0.15) is 0 Å². The topological polar surface area (TPSA) is 26.2 Å². The van der Waals surface area contributed by atoms with E-state index < -0.39 is 0 Å². The van der Waals surface area contributed by atoms with E-state index in [1.54, 1.807) is 0 Å². The Labute approximate surface area is 367 Å². The predicted octanol–water partition coefficient (Wildman–Crippen LogP) is 16.7. The van der Waals surface area contributed by atoms with Crippen LogP contribution in [0.25, 0.3) is 109 Å². The first kappa shape index (κ1) is 35.0. The molecule has 14 aromatic rings. The highest BCUT2D eigenvalue weighted by Crippen LogP contribution is 2.48. The number of benzene rings is 11. The summed E-state index contributed by atoms with van der Waals surface area (Å²) in [5, 5.41) is 14.5. The molecule has 0 saturated carbocycles. The Morgan fingerprint density at radius 3 is 1.50 bits per heavy atom. The van der Waals surface area contributed by atoms with Crippen molar-refractivity contribution < 1.29 is 4.42 Å². The molecule has 0 amide bonds. The summed E-state index contributed by atoms with van der Waals surface area (Å²) < 4.78 is 11.3. The van der Waals surface area contributed by atoms with E-state index in [0.717, 1.165) is 61.4 Å². The number of rotatable bonds is 5. The molecular formula is C60H37N3O. The Morgan fingerprint density at radius 2 is 0.781 bits per heavy atom. The normalized spacial score (nSPS) is 12.1. The summed E-state index contributed by atoms with van der Waals surface area (Å²) in [6.45, 7) is 0. The molecule has 11 aromatic carbocycles. The summed E-state index contributed by atoms with van der Waals surface area (Å²) in [6, 6.07) is 81.6. The summed E-state index contributed by atoms with van der Waals surface area (Å²) in [6.07, 6.45) is 0. The van der Waals surface area contributed by atoms with Gasteiger partial charge in [0, 0.05) is 49.4 Å². The van der Waals surface area contributed by atoms with E-state index in [-0.39, 0.29) is 0 Å². The maximum Gasteiger partial charge on any atom is 0.135 e. The lowest BCUT2D eigenvalue weighted by molar-refractivity contribution is 0.669. The first-order valence-electron chi connectivity index (χ1n) is 21.9. The van der Waals surface area contributed by atoms with Crippen molar-refractivity contribution >= 4 is 115 Å². The second kappa shape index (κ2) is 13.4. The molecule has 0 saturated heterocycles. The smallest absolute Gasteiger partial charge is 0.135 e. The van der Waals surface area contributed by atoms with Crippen molar-refractivity contribution in [1.29, 1.82) is 0 Å². The van der Waals surface area contributed by atoms with Gasteiger partial charge in [-0.15, -0.1) is 0 Å². The molecule has 64 heavy (non-hydrogen) atoms. The number of anilines is 3. The van der Waals surface area contributed by atoms with Crippen LogP contribution in [0.4, 0.5) is 17.1 Å². The molecule has 0 bridgehead atoms. The fourth-order valence-corrected chi connectivity index (χ4v) is 10.8. The second-order valence-corrected chi connectivity index (χ2v) is 16.8. The van der Waals surface area contributed by atoms with Crippen molar-refractivity contribution in [2.45, 2.75) is 0 Å². The monoisotopic (exact) mass is 815 g/mol. The molecule has 0 atom stereocenters. The van der Waals surface area contributed by atoms with Crippen LogP contribution in [0.15, 0.2) is 229 Å². The molecule has 14 rings (SSSR count). The van der Waals surface area contributed by atoms with Crippen molar-refractivity contribution in [3.63, 3.8) is 0 Å². The van der Waals surface area contributed by atoms with Crippen LogP contribution in [-0.4, -0.2) is 9.13 Å². The quantitative estimate of drug-likeness (QED) is 0.162. The molecule has 298 valence electrons. The van der Waals surface area contributed by atoms with E-state index >= 15 is 0 Å². The standard InChI is InChI=1S/C60H37N3O/c1-2-16-38(17-3-1)62-51-25-11-8-23-47(51)60-54(62)28-15-30-56(60)63-52-26-12-9-24-48(52)59-53(27-14-29-55(59)63)61(40-33-35-58-50(37-40)46-22-10-13-31-57(46)64-58)39-32-34-45-43-20-5-4-18-41(43)42-19-6-7-21-44(42)49(45)36-39/h1-37H. The fourth-order valence-electron chi connectivity index (χ4n) is 10.8.